The number of rotatable bonds is 4. The smallest absolute Gasteiger partial charge is 0.262 e. The number of fused-ring (bicyclic) bond motifs is 1. The Morgan fingerprint density at radius 3 is 2.42 bits per heavy atom. The highest BCUT2D eigenvalue weighted by atomic mass is 16.2. The minimum Gasteiger partial charge on any atom is -0.369 e. The monoisotopic (exact) mass is 425 g/mol. The van der Waals surface area contributed by atoms with E-state index in [1.807, 2.05) is 6.07 Å². The molecular weight excluding hydrogens is 398 g/mol. The van der Waals surface area contributed by atoms with Crippen LogP contribution >= 0.6 is 0 Å². The first-order valence-electron chi connectivity index (χ1n) is 11.0. The molecule has 4 heterocycles. The summed E-state index contributed by atoms with van der Waals surface area (Å²) in [6.45, 7) is 7.04. The van der Waals surface area contributed by atoms with Gasteiger partial charge in [0.05, 0.1) is 11.1 Å². The Morgan fingerprint density at radius 2 is 1.71 bits per heavy atom. The summed E-state index contributed by atoms with van der Waals surface area (Å²) in [7, 11) is 0. The third-order valence-electron chi connectivity index (χ3n) is 6.84. The van der Waals surface area contributed by atoms with Crippen LogP contribution < -0.4 is 15.5 Å². The van der Waals surface area contributed by atoms with Gasteiger partial charge in [0, 0.05) is 44.8 Å². The summed E-state index contributed by atoms with van der Waals surface area (Å²) in [6.07, 6.45) is 1.53. The Hall–Kier alpha value is -2.78. The van der Waals surface area contributed by atoms with E-state index in [0.717, 1.165) is 62.3 Å². The average Bonchev–Trinajstić information content (AvgIpc) is 3.36. The lowest BCUT2D eigenvalue weighted by Crippen LogP contribution is -2.54. The Balaban J connectivity index is 1.27. The van der Waals surface area contributed by atoms with Gasteiger partial charge in [-0.05, 0) is 50.0 Å². The quantitative estimate of drug-likeness (QED) is 0.645. The van der Waals surface area contributed by atoms with E-state index in [2.05, 4.69) is 20.4 Å². The molecule has 5 rings (SSSR count). The zero-order chi connectivity index (χ0) is 21.5. The molecule has 0 spiro atoms. The summed E-state index contributed by atoms with van der Waals surface area (Å²) in [5, 5.41) is 5.64. The number of carbonyl (C=O) groups is 4. The number of anilines is 1. The lowest BCUT2D eigenvalue weighted by molar-refractivity contribution is -0.136. The highest BCUT2D eigenvalue weighted by molar-refractivity contribution is 6.23. The fourth-order valence-corrected chi connectivity index (χ4v) is 5.08. The van der Waals surface area contributed by atoms with Crippen LogP contribution in [0.15, 0.2) is 18.2 Å². The van der Waals surface area contributed by atoms with E-state index in [1.54, 1.807) is 12.1 Å². The van der Waals surface area contributed by atoms with Crippen molar-refractivity contribution < 1.29 is 19.2 Å². The molecule has 2 N–H and O–H groups in total. The van der Waals surface area contributed by atoms with Crippen LogP contribution in [0.25, 0.3) is 0 Å². The van der Waals surface area contributed by atoms with E-state index >= 15 is 0 Å². The van der Waals surface area contributed by atoms with Gasteiger partial charge in [-0.1, -0.05) is 0 Å². The van der Waals surface area contributed by atoms with E-state index < -0.39 is 23.8 Å². The topological polar surface area (TPSA) is 102 Å². The molecule has 3 fully saturated rings. The zero-order valence-electron chi connectivity index (χ0n) is 17.4. The second-order valence-corrected chi connectivity index (χ2v) is 8.82. The number of imide groups is 2. The summed E-state index contributed by atoms with van der Waals surface area (Å²) >= 11 is 0. The molecule has 4 aliphatic rings. The predicted octanol–water partition coefficient (Wildman–Crippen LogP) is -0.181. The number of amides is 4. The maximum absolute atomic E-state index is 13.0. The largest absolute Gasteiger partial charge is 0.369 e. The summed E-state index contributed by atoms with van der Waals surface area (Å²) < 4.78 is 0. The first-order chi connectivity index (χ1) is 15.0. The van der Waals surface area contributed by atoms with Crippen LogP contribution in [0.1, 0.15) is 40.0 Å². The fourth-order valence-electron chi connectivity index (χ4n) is 5.08. The van der Waals surface area contributed by atoms with Gasteiger partial charge in [0.1, 0.15) is 6.04 Å². The molecule has 0 saturated carbocycles. The molecule has 3 saturated heterocycles. The molecule has 4 amide bonds. The number of piperazine rings is 1. The molecular formula is C22H27N5O4. The van der Waals surface area contributed by atoms with E-state index in [9.17, 15) is 19.2 Å². The number of carbonyl (C=O) groups excluding carboxylic acids is 4. The van der Waals surface area contributed by atoms with Crippen molar-refractivity contribution in [2.45, 2.75) is 25.3 Å². The van der Waals surface area contributed by atoms with Crippen molar-refractivity contribution in [2.75, 3.05) is 50.7 Å². The molecule has 0 bridgehead atoms. The van der Waals surface area contributed by atoms with Crippen molar-refractivity contribution in [1.82, 2.24) is 20.4 Å². The molecule has 1 unspecified atom stereocenters. The Morgan fingerprint density at radius 1 is 0.935 bits per heavy atom. The lowest BCUT2D eigenvalue weighted by Gasteiger charge is -2.37. The standard InChI is InChI=1S/C22H27N5O4/c28-19-4-3-18(20(29)24-19)27-21(30)16-2-1-15(11-17(16)22(27)31)26-9-7-25(8-10-26)13-14-5-6-23-12-14/h1-2,11,14,18,23H,3-10,12-13H2,(H,24,28,29)/t14-,18?/m0/s1. The molecule has 9 heteroatoms. The van der Waals surface area contributed by atoms with Gasteiger partial charge in [0.25, 0.3) is 11.8 Å². The number of nitrogens with one attached hydrogen (secondary N) is 2. The Bertz CT molecular complexity index is 934. The summed E-state index contributed by atoms with van der Waals surface area (Å²) in [5.74, 6) is -1.14. The minimum absolute atomic E-state index is 0.121. The summed E-state index contributed by atoms with van der Waals surface area (Å²) in [6, 6.07) is 4.42. The molecule has 1 aromatic rings. The number of nitrogens with zero attached hydrogens (tertiary/aromatic N) is 3. The van der Waals surface area contributed by atoms with Crippen LogP contribution in [0.3, 0.4) is 0 Å². The summed E-state index contributed by atoms with van der Waals surface area (Å²) in [5.41, 5.74) is 1.59. The van der Waals surface area contributed by atoms with Crippen LogP contribution in [0.5, 0.6) is 0 Å². The van der Waals surface area contributed by atoms with E-state index in [1.165, 1.54) is 6.42 Å². The zero-order valence-corrected chi connectivity index (χ0v) is 17.4. The Kier molecular flexibility index (Phi) is 5.23. The van der Waals surface area contributed by atoms with Gasteiger partial charge in [0.15, 0.2) is 0 Å². The van der Waals surface area contributed by atoms with Crippen molar-refractivity contribution >= 4 is 29.3 Å². The minimum atomic E-state index is -0.929. The van der Waals surface area contributed by atoms with E-state index in [-0.39, 0.29) is 18.7 Å². The van der Waals surface area contributed by atoms with Crippen molar-refractivity contribution in [1.29, 1.82) is 0 Å². The van der Waals surface area contributed by atoms with Crippen molar-refractivity contribution in [3.63, 3.8) is 0 Å². The van der Waals surface area contributed by atoms with Gasteiger partial charge >= 0.3 is 0 Å². The molecule has 2 atom stereocenters. The second-order valence-electron chi connectivity index (χ2n) is 8.82. The first-order valence-corrected chi connectivity index (χ1v) is 11.0. The lowest BCUT2D eigenvalue weighted by atomic mass is 10.0. The summed E-state index contributed by atoms with van der Waals surface area (Å²) in [4.78, 5) is 55.3. The molecule has 1 aromatic carbocycles. The number of benzene rings is 1. The van der Waals surface area contributed by atoms with Crippen LogP contribution in [0.2, 0.25) is 0 Å². The van der Waals surface area contributed by atoms with Crippen molar-refractivity contribution in [2.24, 2.45) is 5.92 Å². The number of piperidine rings is 1. The van der Waals surface area contributed by atoms with Crippen molar-refractivity contribution in [3.8, 4) is 0 Å². The normalized spacial score (nSPS) is 27.1. The molecule has 0 radical (unpaired) electrons. The van der Waals surface area contributed by atoms with Crippen LogP contribution in [0, 0.1) is 5.92 Å². The second kappa shape index (κ2) is 8.05. The third kappa shape index (κ3) is 3.72. The van der Waals surface area contributed by atoms with Gasteiger partial charge in [-0.15, -0.1) is 0 Å². The van der Waals surface area contributed by atoms with Gasteiger partial charge in [-0.2, -0.15) is 0 Å². The predicted molar refractivity (Wildman–Crippen MR) is 113 cm³/mol. The van der Waals surface area contributed by atoms with Crippen molar-refractivity contribution in [3.05, 3.63) is 29.3 Å². The SMILES string of the molecule is O=C1CCC(N2C(=O)c3ccc(N4CCN(C[C@H]5CCNC5)CC4)cc3C2=O)C(=O)N1. The van der Waals surface area contributed by atoms with Crippen LogP contribution in [-0.2, 0) is 9.59 Å². The molecule has 4 aliphatic heterocycles. The van der Waals surface area contributed by atoms with Gasteiger partial charge in [-0.3, -0.25) is 34.3 Å². The van der Waals surface area contributed by atoms with E-state index in [4.69, 9.17) is 0 Å². The number of hydrogen-bond acceptors (Lipinski definition) is 7. The highest BCUT2D eigenvalue weighted by Crippen LogP contribution is 2.31. The molecule has 31 heavy (non-hydrogen) atoms. The molecule has 9 nitrogen and oxygen atoms in total. The molecule has 164 valence electrons. The van der Waals surface area contributed by atoms with Crippen LogP contribution in [-0.4, -0.2) is 85.3 Å². The number of hydrogen-bond donors (Lipinski definition) is 2. The van der Waals surface area contributed by atoms with Crippen LogP contribution in [0.4, 0.5) is 5.69 Å². The highest BCUT2D eigenvalue weighted by Gasteiger charge is 2.44. The Labute approximate surface area is 180 Å². The van der Waals surface area contributed by atoms with E-state index in [0.29, 0.717) is 11.1 Å². The average molecular weight is 425 g/mol. The van der Waals surface area contributed by atoms with Gasteiger partial charge in [-0.25, -0.2) is 0 Å². The maximum Gasteiger partial charge on any atom is 0.262 e. The maximum atomic E-state index is 13.0. The third-order valence-corrected chi connectivity index (χ3v) is 6.84. The first kappa shape index (κ1) is 20.1. The van der Waals surface area contributed by atoms with Gasteiger partial charge in [0.2, 0.25) is 11.8 Å². The molecule has 0 aliphatic carbocycles. The molecule has 0 aromatic heterocycles. The van der Waals surface area contributed by atoms with Gasteiger partial charge < -0.3 is 10.2 Å². The fraction of sp³-hybridized carbons (Fsp3) is 0.545.